The third-order valence-electron chi connectivity index (χ3n) is 1.46. The van der Waals surface area contributed by atoms with E-state index in [1.165, 1.54) is 0 Å². The zero-order valence-corrected chi connectivity index (χ0v) is 6.84. The van der Waals surface area contributed by atoms with Crippen molar-refractivity contribution < 1.29 is 9.72 Å². The average Bonchev–Trinajstić information content (AvgIpc) is 2.70. The SMILES string of the molecule is [O-]/N=[N+](\[O-])C(=C1NCCN1)/[N+]([O-])=N/[O-]. The van der Waals surface area contributed by atoms with Crippen molar-refractivity contribution in [2.75, 3.05) is 13.1 Å². The third-order valence-corrected chi connectivity index (χ3v) is 1.46. The molecule has 1 aliphatic rings. The van der Waals surface area contributed by atoms with Crippen LogP contribution in [0.4, 0.5) is 0 Å². The molecule has 0 aromatic rings. The average molecular weight is 202 g/mol. The number of hydrogen-bond donors (Lipinski definition) is 2. The van der Waals surface area contributed by atoms with Crippen LogP contribution in [-0.4, -0.2) is 22.8 Å². The lowest BCUT2D eigenvalue weighted by molar-refractivity contribution is -0.660. The topological polar surface area (TPSA) is 147 Å². The standard InChI is InChI=1S/C4H8N6O4/c11-7-9(13)4(10(14)8-12)3-5-1-2-6-3/h5-6,11-12H,1-2H2/p-2/b9-7-,10-8-. The Balaban J connectivity index is 3.10. The van der Waals surface area contributed by atoms with Crippen LogP contribution in [-0.2, 0) is 0 Å². The van der Waals surface area contributed by atoms with Crippen LogP contribution in [0, 0.1) is 20.8 Å². The van der Waals surface area contributed by atoms with Gasteiger partial charge in [-0.15, -0.1) is 0 Å². The van der Waals surface area contributed by atoms with E-state index in [9.17, 15) is 20.8 Å². The van der Waals surface area contributed by atoms with Crippen molar-refractivity contribution in [1.29, 1.82) is 0 Å². The molecule has 1 rings (SSSR count). The molecule has 78 valence electrons. The summed E-state index contributed by atoms with van der Waals surface area (Å²) in [7, 11) is 0. The molecule has 10 heteroatoms. The molecule has 14 heavy (non-hydrogen) atoms. The molecule has 0 unspecified atom stereocenters. The molecule has 0 radical (unpaired) electrons. The molecule has 1 saturated heterocycles. The van der Waals surface area contributed by atoms with E-state index >= 15 is 0 Å². The highest BCUT2D eigenvalue weighted by Crippen LogP contribution is 2.05. The Kier molecular flexibility index (Phi) is 2.89. The predicted octanol–water partition coefficient (Wildman–Crippen LogP) is -0.774. The summed E-state index contributed by atoms with van der Waals surface area (Å²) in [6, 6.07) is 0. The van der Waals surface area contributed by atoms with Crippen molar-refractivity contribution in [3.8, 4) is 0 Å². The minimum Gasteiger partial charge on any atom is -0.739 e. The Morgan fingerprint density at radius 1 is 1.07 bits per heavy atom. The smallest absolute Gasteiger partial charge is 0.557 e. The monoisotopic (exact) mass is 202 g/mol. The molecule has 1 heterocycles. The maximum Gasteiger partial charge on any atom is 0.557 e. The fourth-order valence-electron chi connectivity index (χ4n) is 0.937. The first kappa shape index (κ1) is 9.83. The van der Waals surface area contributed by atoms with Gasteiger partial charge in [0.05, 0.1) is 0 Å². The molecule has 1 fully saturated rings. The molecule has 0 aromatic heterocycles. The first-order valence-electron chi connectivity index (χ1n) is 3.53. The summed E-state index contributed by atoms with van der Waals surface area (Å²) >= 11 is 0. The van der Waals surface area contributed by atoms with Crippen LogP contribution < -0.4 is 10.6 Å². The van der Waals surface area contributed by atoms with Crippen molar-refractivity contribution in [3.63, 3.8) is 0 Å². The van der Waals surface area contributed by atoms with Crippen LogP contribution in [0.2, 0.25) is 0 Å². The quantitative estimate of drug-likeness (QED) is 0.341. The third kappa shape index (κ3) is 1.73. The lowest BCUT2D eigenvalue weighted by atomic mass is 10.6. The van der Waals surface area contributed by atoms with E-state index in [2.05, 4.69) is 10.6 Å². The second-order valence-corrected chi connectivity index (χ2v) is 2.26. The van der Waals surface area contributed by atoms with Gasteiger partial charge >= 0.3 is 5.82 Å². The fraction of sp³-hybridized carbons (Fsp3) is 0.500. The van der Waals surface area contributed by atoms with Crippen molar-refractivity contribution in [2.45, 2.75) is 0 Å². The first-order chi connectivity index (χ1) is 6.70. The second kappa shape index (κ2) is 4.11. The normalized spacial score (nSPS) is 17.6. The molecule has 10 nitrogen and oxygen atoms in total. The van der Waals surface area contributed by atoms with E-state index in [4.69, 9.17) is 0 Å². The lowest BCUT2D eigenvalue weighted by Crippen LogP contribution is -2.23. The number of nitrogens with one attached hydrogen (secondary N) is 2. The van der Waals surface area contributed by atoms with Gasteiger partial charge in [-0.05, 0) is 10.6 Å². The molecular formula is C4H6N6O4-2. The molecule has 2 N–H and O–H groups in total. The molecule has 0 aliphatic carbocycles. The molecule has 1 aliphatic heterocycles. The summed E-state index contributed by atoms with van der Waals surface area (Å²) in [5.41, 5.74) is 0. The summed E-state index contributed by atoms with van der Waals surface area (Å²) in [4.78, 5) is -1.07. The van der Waals surface area contributed by atoms with E-state index in [1.807, 2.05) is 10.6 Å². The molecular weight excluding hydrogens is 196 g/mol. The summed E-state index contributed by atoms with van der Waals surface area (Å²) in [6.07, 6.45) is 0. The number of nitrogens with zero attached hydrogens (tertiary/aromatic N) is 4. The second-order valence-electron chi connectivity index (χ2n) is 2.26. The Hall–Kier alpha value is -2.26. The molecule has 0 amide bonds. The van der Waals surface area contributed by atoms with Crippen LogP contribution in [0.3, 0.4) is 0 Å². The van der Waals surface area contributed by atoms with Gasteiger partial charge in [-0.1, -0.05) is 0 Å². The van der Waals surface area contributed by atoms with E-state index in [0.717, 1.165) is 0 Å². The number of rotatable bonds is 2. The van der Waals surface area contributed by atoms with E-state index in [-0.39, 0.29) is 5.82 Å². The van der Waals surface area contributed by atoms with Crippen molar-refractivity contribution in [3.05, 3.63) is 32.5 Å². The Bertz CT molecular complexity index is 281. The number of hydroxylamine groups is 2. The van der Waals surface area contributed by atoms with Gasteiger partial charge in [0, 0.05) is 22.8 Å². The van der Waals surface area contributed by atoms with Gasteiger partial charge in [0.25, 0.3) is 5.82 Å². The van der Waals surface area contributed by atoms with Gasteiger partial charge in [-0.25, -0.2) is 0 Å². The summed E-state index contributed by atoms with van der Waals surface area (Å²) in [6.45, 7) is 0.913. The minimum atomic E-state index is -0.812. The highest BCUT2D eigenvalue weighted by atomic mass is 16.6. The van der Waals surface area contributed by atoms with E-state index < -0.39 is 15.5 Å². The Labute approximate surface area is 77.5 Å². The zero-order chi connectivity index (χ0) is 10.6. The Morgan fingerprint density at radius 3 is 1.86 bits per heavy atom. The van der Waals surface area contributed by atoms with Gasteiger partial charge in [-0.3, -0.25) is 0 Å². The van der Waals surface area contributed by atoms with Gasteiger partial charge in [0.2, 0.25) is 0 Å². The largest absolute Gasteiger partial charge is 0.739 e. The van der Waals surface area contributed by atoms with Crippen LogP contribution >= 0.6 is 0 Å². The highest BCUT2D eigenvalue weighted by Gasteiger charge is 2.29. The number of hydrogen-bond acceptors (Lipinski definition) is 8. The molecule has 0 spiro atoms. The fourth-order valence-corrected chi connectivity index (χ4v) is 0.937. The maximum absolute atomic E-state index is 10.8. The van der Waals surface area contributed by atoms with Crippen LogP contribution in [0.15, 0.2) is 22.2 Å². The molecule has 0 atom stereocenters. The van der Waals surface area contributed by atoms with Gasteiger partial charge in [0.1, 0.15) is 0 Å². The molecule has 0 aromatic carbocycles. The van der Waals surface area contributed by atoms with E-state index in [1.54, 1.807) is 0 Å². The molecule has 0 bridgehead atoms. The minimum absolute atomic E-state index is 0.0470. The summed E-state index contributed by atoms with van der Waals surface area (Å²) < 4.78 is 0. The van der Waals surface area contributed by atoms with E-state index in [0.29, 0.717) is 13.1 Å². The van der Waals surface area contributed by atoms with Crippen LogP contribution in [0.1, 0.15) is 0 Å². The van der Waals surface area contributed by atoms with Gasteiger partial charge in [-0.2, -0.15) is 0 Å². The van der Waals surface area contributed by atoms with Crippen LogP contribution in [0.25, 0.3) is 0 Å². The zero-order valence-electron chi connectivity index (χ0n) is 6.84. The maximum atomic E-state index is 10.8. The van der Waals surface area contributed by atoms with Gasteiger partial charge in [0.15, 0.2) is 0 Å². The van der Waals surface area contributed by atoms with Crippen molar-refractivity contribution in [1.82, 2.24) is 10.6 Å². The first-order valence-corrected chi connectivity index (χ1v) is 3.53. The van der Waals surface area contributed by atoms with Gasteiger partial charge < -0.3 is 31.5 Å². The van der Waals surface area contributed by atoms with Crippen LogP contribution in [0.5, 0.6) is 0 Å². The summed E-state index contributed by atoms with van der Waals surface area (Å²) in [5, 5.41) is 50.3. The Morgan fingerprint density at radius 2 is 1.50 bits per heavy atom. The predicted molar refractivity (Wildman–Crippen MR) is 41.9 cm³/mol. The molecule has 0 saturated carbocycles. The lowest BCUT2D eigenvalue weighted by Gasteiger charge is -2.05. The van der Waals surface area contributed by atoms with Crippen molar-refractivity contribution >= 4 is 0 Å². The summed E-state index contributed by atoms with van der Waals surface area (Å²) in [5.74, 6) is -0.860. The highest BCUT2D eigenvalue weighted by molar-refractivity contribution is 5.01. The van der Waals surface area contributed by atoms with Crippen molar-refractivity contribution in [2.24, 2.45) is 10.6 Å².